The normalized spacial score (nSPS) is 22.7. The van der Waals surface area contributed by atoms with Gasteiger partial charge in [-0.05, 0) is 51.2 Å². The molecule has 1 fully saturated rings. The Morgan fingerprint density at radius 1 is 1.22 bits per heavy atom. The van der Waals surface area contributed by atoms with Crippen LogP contribution in [0.5, 0.6) is 5.75 Å². The van der Waals surface area contributed by atoms with Gasteiger partial charge in [0.2, 0.25) is 5.91 Å². The number of halogens is 3. The lowest BCUT2D eigenvalue weighted by Crippen LogP contribution is -2.59. The fourth-order valence-electron chi connectivity index (χ4n) is 4.50. The average Bonchev–Trinajstić information content (AvgIpc) is 2.73. The van der Waals surface area contributed by atoms with Crippen LogP contribution >= 0.6 is 0 Å². The summed E-state index contributed by atoms with van der Waals surface area (Å²) in [7, 11) is 1.74. The molecule has 1 aliphatic carbocycles. The molecule has 4 rings (SSSR count). The number of pyridine rings is 1. The van der Waals surface area contributed by atoms with Crippen LogP contribution in [0.3, 0.4) is 0 Å². The van der Waals surface area contributed by atoms with Crippen LogP contribution in [0.1, 0.15) is 65.2 Å². The molecule has 1 aliphatic heterocycles. The number of nitrogens with zero attached hydrogens (tertiary/aromatic N) is 4. The number of fused-ring (bicyclic) bond motifs is 1. The fraction of sp³-hybridized carbons (Fsp3) is 0.600. The van der Waals surface area contributed by atoms with Gasteiger partial charge < -0.3 is 20.1 Å². The molecule has 0 bridgehead atoms. The van der Waals surface area contributed by atoms with Crippen molar-refractivity contribution in [2.75, 3.05) is 17.3 Å². The quantitative estimate of drug-likeness (QED) is 0.575. The largest absolute Gasteiger partial charge is 0.489 e. The number of anilines is 2. The van der Waals surface area contributed by atoms with Crippen LogP contribution in [-0.4, -0.2) is 50.8 Å². The number of rotatable bonds is 6. The molecule has 3 heterocycles. The van der Waals surface area contributed by atoms with Gasteiger partial charge in [0.05, 0.1) is 23.6 Å². The number of nitrogens with one attached hydrogen (secondary N) is 1. The first kappa shape index (κ1) is 29.3. The van der Waals surface area contributed by atoms with E-state index in [-0.39, 0.29) is 32.8 Å². The van der Waals surface area contributed by atoms with Crippen LogP contribution in [0, 0.1) is 12.8 Å². The van der Waals surface area contributed by atoms with Crippen molar-refractivity contribution >= 4 is 17.4 Å². The van der Waals surface area contributed by atoms with Gasteiger partial charge in [0.15, 0.2) is 5.82 Å². The molecule has 1 saturated carbocycles. The molecular weight excluding hydrogens is 475 g/mol. The Balaban J connectivity index is 0.00000228. The van der Waals surface area contributed by atoms with E-state index in [0.717, 1.165) is 25.1 Å². The first-order valence-electron chi connectivity index (χ1n) is 11.2. The van der Waals surface area contributed by atoms with Crippen LogP contribution in [0.25, 0.3) is 0 Å². The molecule has 2 aromatic rings. The summed E-state index contributed by atoms with van der Waals surface area (Å²) in [5.41, 5.74) is -0.974. The third-order valence-electron chi connectivity index (χ3n) is 6.63. The molecule has 8 nitrogen and oxygen atoms in total. The summed E-state index contributed by atoms with van der Waals surface area (Å²) in [5, 5.41) is 13.6. The third-order valence-corrected chi connectivity index (χ3v) is 6.63. The SMILES string of the molecule is C.C.CC[C@](C)(O)[C@@H]1C(=O)Nc2c(C)nc(CC3CC(Oc4ccc(C(F)(F)F)nc4)C3)nc2N1C. The molecule has 0 saturated heterocycles. The van der Waals surface area contributed by atoms with E-state index in [2.05, 4.69) is 20.3 Å². The highest BCUT2D eigenvalue weighted by molar-refractivity contribution is 6.04. The van der Waals surface area contributed by atoms with Gasteiger partial charge in [0.1, 0.15) is 29.0 Å². The number of hydrogen-bond acceptors (Lipinski definition) is 7. The van der Waals surface area contributed by atoms with Gasteiger partial charge in [-0.2, -0.15) is 13.2 Å². The zero-order valence-corrected chi connectivity index (χ0v) is 19.5. The number of aryl methyl sites for hydroxylation is 1. The van der Waals surface area contributed by atoms with Crippen molar-refractivity contribution in [3.05, 3.63) is 35.5 Å². The summed E-state index contributed by atoms with van der Waals surface area (Å²) in [6.45, 7) is 5.26. The highest BCUT2D eigenvalue weighted by Crippen LogP contribution is 2.38. The van der Waals surface area contributed by atoms with E-state index in [1.54, 1.807) is 25.8 Å². The number of aromatic nitrogens is 3. The van der Waals surface area contributed by atoms with Gasteiger partial charge in [0.25, 0.3) is 0 Å². The molecule has 2 atom stereocenters. The number of ether oxygens (including phenoxy) is 1. The van der Waals surface area contributed by atoms with Crippen molar-refractivity contribution < 1.29 is 27.8 Å². The minimum Gasteiger partial charge on any atom is -0.489 e. The predicted molar refractivity (Wildman–Crippen MR) is 132 cm³/mol. The number of amides is 1. The maximum Gasteiger partial charge on any atom is 0.433 e. The van der Waals surface area contributed by atoms with Gasteiger partial charge >= 0.3 is 6.18 Å². The van der Waals surface area contributed by atoms with Crippen LogP contribution in [0.15, 0.2) is 18.3 Å². The van der Waals surface area contributed by atoms with Crippen molar-refractivity contribution in [3.8, 4) is 5.75 Å². The summed E-state index contributed by atoms with van der Waals surface area (Å²) in [5.74, 6) is 1.49. The average molecular weight is 512 g/mol. The maximum absolute atomic E-state index is 12.7. The molecule has 36 heavy (non-hydrogen) atoms. The summed E-state index contributed by atoms with van der Waals surface area (Å²) < 4.78 is 43.7. The van der Waals surface area contributed by atoms with E-state index in [1.807, 2.05) is 6.92 Å². The van der Waals surface area contributed by atoms with Crippen LogP contribution < -0.4 is 15.0 Å². The van der Waals surface area contributed by atoms with Gasteiger partial charge in [0, 0.05) is 13.5 Å². The Kier molecular flexibility index (Phi) is 8.60. The Hall–Kier alpha value is -2.95. The molecule has 0 aromatic carbocycles. The van der Waals surface area contributed by atoms with Gasteiger partial charge in [-0.25, -0.2) is 15.0 Å². The van der Waals surface area contributed by atoms with Crippen LogP contribution in [0.2, 0.25) is 0 Å². The highest BCUT2D eigenvalue weighted by atomic mass is 19.4. The lowest BCUT2D eigenvalue weighted by Gasteiger charge is -2.42. The van der Waals surface area contributed by atoms with E-state index in [9.17, 15) is 23.1 Å². The Morgan fingerprint density at radius 2 is 1.89 bits per heavy atom. The number of carbonyl (C=O) groups excluding carboxylic acids is 1. The third kappa shape index (κ3) is 5.71. The lowest BCUT2D eigenvalue weighted by atomic mass is 9.80. The highest BCUT2D eigenvalue weighted by Gasteiger charge is 2.44. The van der Waals surface area contributed by atoms with Crippen LogP contribution in [-0.2, 0) is 17.4 Å². The Labute approximate surface area is 210 Å². The molecule has 2 aromatic heterocycles. The topological polar surface area (TPSA) is 100 Å². The first-order valence-corrected chi connectivity index (χ1v) is 11.2. The van der Waals surface area contributed by atoms with E-state index in [0.29, 0.717) is 41.6 Å². The monoisotopic (exact) mass is 511 g/mol. The number of aliphatic hydroxyl groups is 1. The second-order valence-electron chi connectivity index (χ2n) is 9.30. The summed E-state index contributed by atoms with van der Waals surface area (Å²) in [6.07, 6.45) is -1.03. The van der Waals surface area contributed by atoms with E-state index in [4.69, 9.17) is 4.74 Å². The molecule has 200 valence electrons. The molecule has 0 spiro atoms. The number of alkyl halides is 3. The number of carbonyl (C=O) groups is 1. The number of hydrogen-bond donors (Lipinski definition) is 2. The smallest absolute Gasteiger partial charge is 0.433 e. The van der Waals surface area contributed by atoms with Crippen molar-refractivity contribution in [1.82, 2.24) is 15.0 Å². The van der Waals surface area contributed by atoms with Crippen LogP contribution in [0.4, 0.5) is 24.7 Å². The van der Waals surface area contributed by atoms with E-state index in [1.165, 1.54) is 6.07 Å². The van der Waals surface area contributed by atoms with Gasteiger partial charge in [-0.1, -0.05) is 21.8 Å². The lowest BCUT2D eigenvalue weighted by molar-refractivity contribution is -0.141. The van der Waals surface area contributed by atoms with Crippen molar-refractivity contribution in [2.45, 2.75) is 85.2 Å². The van der Waals surface area contributed by atoms with E-state index >= 15 is 0 Å². The van der Waals surface area contributed by atoms with Crippen molar-refractivity contribution in [1.29, 1.82) is 0 Å². The second kappa shape index (κ2) is 10.6. The van der Waals surface area contributed by atoms with E-state index < -0.39 is 23.5 Å². The van der Waals surface area contributed by atoms with Gasteiger partial charge in [-0.15, -0.1) is 0 Å². The fourth-order valence-corrected chi connectivity index (χ4v) is 4.50. The summed E-state index contributed by atoms with van der Waals surface area (Å²) in [4.78, 5) is 27.0. The molecule has 0 unspecified atom stereocenters. The van der Waals surface area contributed by atoms with Gasteiger partial charge in [-0.3, -0.25) is 4.79 Å². The Morgan fingerprint density at radius 3 is 2.44 bits per heavy atom. The zero-order valence-electron chi connectivity index (χ0n) is 19.5. The summed E-state index contributed by atoms with van der Waals surface area (Å²) >= 11 is 0. The molecule has 2 aliphatic rings. The molecule has 11 heteroatoms. The zero-order chi connectivity index (χ0) is 24.8. The minimum absolute atomic E-state index is 0. The standard InChI is InChI=1S/C23H28F3N5O3.2CH4/c1-5-22(3,33)19-21(32)30-18-12(2)28-17(29-20(18)31(19)4)10-13-8-15(9-13)34-14-6-7-16(27-11-14)23(24,25)26;;/h6-7,11,13,15,19,33H,5,8-10H2,1-4H3,(H,30,32);2*1H4/t13?,15?,19-,22-;;/m0../s1. The molecule has 2 N–H and O–H groups in total. The Bertz CT molecular complexity index is 1070. The second-order valence-corrected chi connectivity index (χ2v) is 9.30. The van der Waals surface area contributed by atoms with Crippen molar-refractivity contribution in [3.63, 3.8) is 0 Å². The number of likely N-dealkylation sites (N-methyl/N-ethyl adjacent to an activating group) is 1. The minimum atomic E-state index is -4.48. The first-order chi connectivity index (χ1) is 15.9. The molecule has 0 radical (unpaired) electrons. The molecular formula is C25H36F3N5O3. The maximum atomic E-state index is 12.7. The van der Waals surface area contributed by atoms with Crippen molar-refractivity contribution in [2.24, 2.45) is 5.92 Å². The predicted octanol–water partition coefficient (Wildman–Crippen LogP) is 4.79. The summed E-state index contributed by atoms with van der Waals surface area (Å²) in [6, 6.07) is 1.42. The molecule has 1 amide bonds.